The molecule has 76 valence electrons. The number of esters is 1. The molecule has 0 radical (unpaired) electrons. The number of aromatic nitrogens is 2. The van der Waals surface area contributed by atoms with Crippen molar-refractivity contribution in [1.29, 1.82) is 0 Å². The predicted molar refractivity (Wildman–Crippen MR) is 50.1 cm³/mol. The van der Waals surface area contributed by atoms with Crippen LogP contribution in [0.5, 0.6) is 0 Å². The number of carbonyl (C=O) groups is 1. The number of aromatic amines is 1. The summed E-state index contributed by atoms with van der Waals surface area (Å²) in [5.41, 5.74) is 0.0742. The minimum Gasteiger partial charge on any atom is -0.458 e. The molecule has 1 heterocycles. The van der Waals surface area contributed by atoms with Crippen molar-refractivity contribution in [2.75, 3.05) is 0 Å². The average molecular weight is 196 g/mol. The van der Waals surface area contributed by atoms with Gasteiger partial charge in [0, 0.05) is 6.20 Å². The summed E-state index contributed by atoms with van der Waals surface area (Å²) in [6, 6.07) is 0. The van der Waals surface area contributed by atoms with Crippen LogP contribution in [0.1, 0.15) is 30.0 Å². The smallest absolute Gasteiger partial charge is 0.358 e. The predicted octanol–water partition coefficient (Wildman–Crippen LogP) is 0.644. The highest BCUT2D eigenvalue weighted by Crippen LogP contribution is 1.98. The van der Waals surface area contributed by atoms with Crippen LogP contribution >= 0.6 is 0 Å². The molecule has 5 heteroatoms. The van der Waals surface area contributed by atoms with E-state index in [-0.39, 0.29) is 23.1 Å². The van der Waals surface area contributed by atoms with E-state index in [9.17, 15) is 9.59 Å². The maximum atomic E-state index is 11.3. The van der Waals surface area contributed by atoms with E-state index in [0.717, 1.165) is 0 Å². The largest absolute Gasteiger partial charge is 0.458 e. The van der Waals surface area contributed by atoms with Gasteiger partial charge in [-0.25, -0.2) is 9.78 Å². The fourth-order valence-corrected chi connectivity index (χ4v) is 0.881. The molecule has 0 unspecified atom stereocenters. The number of hydrogen-bond acceptors (Lipinski definition) is 4. The molecule has 1 aromatic heterocycles. The van der Waals surface area contributed by atoms with Crippen molar-refractivity contribution in [2.24, 2.45) is 0 Å². The maximum Gasteiger partial charge on any atom is 0.358 e. The maximum absolute atomic E-state index is 11.3. The van der Waals surface area contributed by atoms with E-state index in [1.165, 1.54) is 13.1 Å². The van der Waals surface area contributed by atoms with Crippen LogP contribution in [0.2, 0.25) is 0 Å². The zero-order valence-electron chi connectivity index (χ0n) is 8.33. The highest BCUT2D eigenvalue weighted by atomic mass is 16.5. The summed E-state index contributed by atoms with van der Waals surface area (Å²) in [5, 5.41) is 0. The van der Waals surface area contributed by atoms with E-state index in [1.807, 2.05) is 0 Å². The van der Waals surface area contributed by atoms with Crippen molar-refractivity contribution in [2.45, 2.75) is 26.9 Å². The minimum atomic E-state index is -0.528. The Hall–Kier alpha value is -1.65. The molecule has 14 heavy (non-hydrogen) atoms. The molecular formula is C9H12N2O3. The first kappa shape index (κ1) is 10.4. The molecule has 5 nitrogen and oxygen atoms in total. The van der Waals surface area contributed by atoms with E-state index in [4.69, 9.17) is 4.74 Å². The molecule has 0 aliphatic heterocycles. The van der Waals surface area contributed by atoms with E-state index < -0.39 is 5.97 Å². The number of H-pyrrole nitrogens is 1. The standard InChI is InChI=1S/C9H12N2O3/c1-5(2)14-9(13)7-4-10-8(12)6(3)11-7/h4-5H,1-3H3,(H,10,12). The van der Waals surface area contributed by atoms with Crippen LogP contribution in [0, 0.1) is 6.92 Å². The molecule has 0 aliphatic rings. The summed E-state index contributed by atoms with van der Waals surface area (Å²) in [6.45, 7) is 5.03. The van der Waals surface area contributed by atoms with Crippen molar-refractivity contribution < 1.29 is 9.53 Å². The van der Waals surface area contributed by atoms with Gasteiger partial charge in [0.15, 0.2) is 5.69 Å². The van der Waals surface area contributed by atoms with Gasteiger partial charge in [0.2, 0.25) is 0 Å². The third-order valence-electron chi connectivity index (χ3n) is 1.51. The summed E-state index contributed by atoms with van der Waals surface area (Å²) in [7, 11) is 0. The Morgan fingerprint density at radius 3 is 2.71 bits per heavy atom. The van der Waals surface area contributed by atoms with Gasteiger partial charge < -0.3 is 9.72 Å². The zero-order valence-corrected chi connectivity index (χ0v) is 8.33. The normalized spacial score (nSPS) is 10.3. The van der Waals surface area contributed by atoms with Gasteiger partial charge in [0.05, 0.1) is 6.10 Å². The number of nitrogens with zero attached hydrogens (tertiary/aromatic N) is 1. The SMILES string of the molecule is Cc1nc(C(=O)OC(C)C)c[nH]c1=O. The summed E-state index contributed by atoms with van der Waals surface area (Å²) in [4.78, 5) is 28.5. The molecule has 0 amide bonds. The van der Waals surface area contributed by atoms with Gasteiger partial charge in [-0.3, -0.25) is 4.79 Å². The highest BCUT2D eigenvalue weighted by molar-refractivity contribution is 5.86. The van der Waals surface area contributed by atoms with Crippen LogP contribution in [0.15, 0.2) is 11.0 Å². The second kappa shape index (κ2) is 4.04. The Kier molecular flexibility index (Phi) is 3.01. The minimum absolute atomic E-state index is 0.121. The van der Waals surface area contributed by atoms with Gasteiger partial charge in [-0.05, 0) is 20.8 Å². The third kappa shape index (κ3) is 2.42. The van der Waals surface area contributed by atoms with Crippen LogP contribution in [0.3, 0.4) is 0 Å². The summed E-state index contributed by atoms with van der Waals surface area (Å²) >= 11 is 0. The molecule has 0 fully saturated rings. The lowest BCUT2D eigenvalue weighted by molar-refractivity contribution is 0.0370. The van der Waals surface area contributed by atoms with Crippen molar-refractivity contribution in [1.82, 2.24) is 9.97 Å². The molecule has 1 N–H and O–H groups in total. The van der Waals surface area contributed by atoms with Gasteiger partial charge in [0.1, 0.15) is 5.69 Å². The number of aryl methyl sites for hydroxylation is 1. The molecule has 0 atom stereocenters. The van der Waals surface area contributed by atoms with E-state index in [1.54, 1.807) is 13.8 Å². The lowest BCUT2D eigenvalue weighted by Crippen LogP contribution is -2.18. The first-order valence-electron chi connectivity index (χ1n) is 4.28. The van der Waals surface area contributed by atoms with E-state index in [2.05, 4.69) is 9.97 Å². The summed E-state index contributed by atoms with van der Waals surface area (Å²) in [6.07, 6.45) is 1.05. The van der Waals surface area contributed by atoms with Crippen LogP contribution in [-0.4, -0.2) is 22.0 Å². The summed E-state index contributed by atoms with van der Waals surface area (Å²) in [5.74, 6) is -0.528. The quantitative estimate of drug-likeness (QED) is 0.704. The van der Waals surface area contributed by atoms with E-state index in [0.29, 0.717) is 0 Å². The second-order valence-corrected chi connectivity index (χ2v) is 3.15. The molecule has 0 aliphatic carbocycles. The Balaban J connectivity index is 2.92. The van der Waals surface area contributed by atoms with Crippen molar-refractivity contribution in [3.8, 4) is 0 Å². The van der Waals surface area contributed by atoms with Crippen LogP contribution in [0.25, 0.3) is 0 Å². The van der Waals surface area contributed by atoms with Gasteiger partial charge in [-0.2, -0.15) is 0 Å². The summed E-state index contributed by atoms with van der Waals surface area (Å²) < 4.78 is 4.91. The molecular weight excluding hydrogens is 184 g/mol. The van der Waals surface area contributed by atoms with Crippen molar-refractivity contribution in [3.05, 3.63) is 27.9 Å². The number of rotatable bonds is 2. The fourth-order valence-electron chi connectivity index (χ4n) is 0.881. The molecule has 1 rings (SSSR count). The van der Waals surface area contributed by atoms with Gasteiger partial charge >= 0.3 is 5.97 Å². The van der Waals surface area contributed by atoms with Gasteiger partial charge in [0.25, 0.3) is 5.56 Å². The molecule has 0 spiro atoms. The molecule has 0 saturated heterocycles. The Morgan fingerprint density at radius 1 is 1.57 bits per heavy atom. The van der Waals surface area contributed by atoms with Gasteiger partial charge in [-0.1, -0.05) is 0 Å². The Bertz CT molecular complexity index is 395. The van der Waals surface area contributed by atoms with E-state index >= 15 is 0 Å². The molecule has 0 bridgehead atoms. The lowest BCUT2D eigenvalue weighted by atomic mass is 10.4. The fraction of sp³-hybridized carbons (Fsp3) is 0.444. The van der Waals surface area contributed by atoms with Crippen molar-refractivity contribution in [3.63, 3.8) is 0 Å². The van der Waals surface area contributed by atoms with Crippen LogP contribution < -0.4 is 5.56 Å². The van der Waals surface area contributed by atoms with Crippen molar-refractivity contribution >= 4 is 5.97 Å². The first-order valence-corrected chi connectivity index (χ1v) is 4.28. The first-order chi connectivity index (χ1) is 6.50. The molecule has 0 saturated carbocycles. The number of hydrogen-bond donors (Lipinski definition) is 1. The third-order valence-corrected chi connectivity index (χ3v) is 1.51. The van der Waals surface area contributed by atoms with Gasteiger partial charge in [-0.15, -0.1) is 0 Å². The monoisotopic (exact) mass is 196 g/mol. The Morgan fingerprint density at radius 2 is 2.21 bits per heavy atom. The number of ether oxygens (including phenoxy) is 1. The van der Waals surface area contributed by atoms with Crippen LogP contribution in [0.4, 0.5) is 0 Å². The topological polar surface area (TPSA) is 72.0 Å². The number of carbonyl (C=O) groups excluding carboxylic acids is 1. The lowest BCUT2D eigenvalue weighted by Gasteiger charge is -2.06. The second-order valence-electron chi connectivity index (χ2n) is 3.15. The highest BCUT2D eigenvalue weighted by Gasteiger charge is 2.11. The molecule has 0 aromatic carbocycles. The molecule has 1 aromatic rings. The van der Waals surface area contributed by atoms with Crippen LogP contribution in [-0.2, 0) is 4.74 Å². The zero-order chi connectivity index (χ0) is 10.7. The average Bonchev–Trinajstić information content (AvgIpc) is 2.08. The Labute approximate surface area is 81.1 Å². The number of nitrogens with one attached hydrogen (secondary N) is 1.